The number of carbonyl (C=O) groups excluding carboxylic acids is 1. The third-order valence-corrected chi connectivity index (χ3v) is 2.86. The van der Waals surface area contributed by atoms with E-state index in [4.69, 9.17) is 21.6 Å². The second kappa shape index (κ2) is 5.28. The largest absolute Gasteiger partial charge is 0.495 e. The van der Waals surface area contributed by atoms with Gasteiger partial charge in [0.25, 0.3) is 0 Å². The predicted molar refractivity (Wildman–Crippen MR) is 70.8 cm³/mol. The van der Waals surface area contributed by atoms with Gasteiger partial charge >= 0.3 is 0 Å². The normalized spacial score (nSPS) is 10.7. The van der Waals surface area contributed by atoms with Crippen LogP contribution in [-0.2, 0) is 4.79 Å². The lowest BCUT2D eigenvalue weighted by Gasteiger charge is -2.25. The summed E-state index contributed by atoms with van der Waals surface area (Å²) < 4.78 is 5.18. The topological polar surface area (TPSA) is 53.3 Å². The van der Waals surface area contributed by atoms with Gasteiger partial charge in [-0.3, -0.25) is 4.79 Å². The van der Waals surface area contributed by atoms with E-state index in [0.717, 1.165) is 0 Å². The third kappa shape index (κ3) is 2.74. The zero-order valence-electron chi connectivity index (χ0n) is 10.8. The standard InChI is InChI=1S/C13H15ClN2O2/c1-13(2,8-15)12(17)16(3)10-7-9(14)5-6-11(10)18-4/h5-7H,1-4H3. The molecule has 0 aliphatic rings. The van der Waals surface area contributed by atoms with Crippen molar-refractivity contribution in [3.63, 3.8) is 0 Å². The Labute approximate surface area is 112 Å². The van der Waals surface area contributed by atoms with Crippen LogP contribution in [0.15, 0.2) is 18.2 Å². The lowest BCUT2D eigenvalue weighted by atomic mass is 9.94. The van der Waals surface area contributed by atoms with E-state index in [-0.39, 0.29) is 5.91 Å². The van der Waals surface area contributed by atoms with Crippen LogP contribution < -0.4 is 9.64 Å². The predicted octanol–water partition coefficient (Wildman–Crippen LogP) is 2.86. The second-order valence-electron chi connectivity index (χ2n) is 4.42. The van der Waals surface area contributed by atoms with Crippen molar-refractivity contribution >= 4 is 23.2 Å². The van der Waals surface area contributed by atoms with Crippen LogP contribution in [0.1, 0.15) is 13.8 Å². The molecule has 0 heterocycles. The van der Waals surface area contributed by atoms with Crippen molar-refractivity contribution in [2.45, 2.75) is 13.8 Å². The van der Waals surface area contributed by atoms with E-state index in [9.17, 15) is 4.79 Å². The SMILES string of the molecule is COc1ccc(Cl)cc1N(C)C(=O)C(C)(C)C#N. The van der Waals surface area contributed by atoms with Crippen LogP contribution in [0.2, 0.25) is 5.02 Å². The Morgan fingerprint density at radius 3 is 2.61 bits per heavy atom. The molecule has 5 heteroatoms. The van der Waals surface area contributed by atoms with Crippen molar-refractivity contribution < 1.29 is 9.53 Å². The first kappa shape index (κ1) is 14.3. The van der Waals surface area contributed by atoms with Gasteiger partial charge in [-0.2, -0.15) is 5.26 Å². The van der Waals surface area contributed by atoms with Crippen molar-refractivity contribution in [1.29, 1.82) is 5.26 Å². The smallest absolute Gasteiger partial charge is 0.246 e. The summed E-state index contributed by atoms with van der Waals surface area (Å²) in [6.45, 7) is 3.14. The highest BCUT2D eigenvalue weighted by Crippen LogP contribution is 2.32. The monoisotopic (exact) mass is 266 g/mol. The number of ether oxygens (including phenoxy) is 1. The highest BCUT2D eigenvalue weighted by molar-refractivity contribution is 6.31. The van der Waals surface area contributed by atoms with E-state index < -0.39 is 5.41 Å². The van der Waals surface area contributed by atoms with Gasteiger partial charge in [-0.15, -0.1) is 0 Å². The van der Waals surface area contributed by atoms with Gasteiger partial charge in [0.1, 0.15) is 11.2 Å². The van der Waals surface area contributed by atoms with E-state index in [1.807, 2.05) is 6.07 Å². The number of hydrogen-bond donors (Lipinski definition) is 0. The molecule has 0 saturated heterocycles. The molecule has 4 nitrogen and oxygen atoms in total. The Bertz CT molecular complexity index is 506. The Hall–Kier alpha value is -1.73. The zero-order chi connectivity index (χ0) is 13.9. The molecule has 0 aliphatic carbocycles. The summed E-state index contributed by atoms with van der Waals surface area (Å²) in [7, 11) is 3.11. The number of benzene rings is 1. The second-order valence-corrected chi connectivity index (χ2v) is 4.85. The fourth-order valence-corrected chi connectivity index (χ4v) is 1.67. The van der Waals surface area contributed by atoms with E-state index in [1.54, 1.807) is 39.1 Å². The minimum Gasteiger partial charge on any atom is -0.495 e. The maximum absolute atomic E-state index is 12.2. The maximum Gasteiger partial charge on any atom is 0.246 e. The molecular formula is C13H15ClN2O2. The number of nitrogens with zero attached hydrogens (tertiary/aromatic N) is 2. The molecule has 0 N–H and O–H groups in total. The lowest BCUT2D eigenvalue weighted by molar-refractivity contribution is -0.123. The van der Waals surface area contributed by atoms with Crippen LogP contribution >= 0.6 is 11.6 Å². The van der Waals surface area contributed by atoms with Crippen molar-refractivity contribution in [2.24, 2.45) is 5.41 Å². The van der Waals surface area contributed by atoms with Gasteiger partial charge < -0.3 is 9.64 Å². The molecular weight excluding hydrogens is 252 g/mol. The number of nitriles is 1. The first-order valence-electron chi connectivity index (χ1n) is 5.36. The average Bonchev–Trinajstić information content (AvgIpc) is 2.36. The van der Waals surface area contributed by atoms with Crippen LogP contribution in [0.4, 0.5) is 5.69 Å². The van der Waals surface area contributed by atoms with E-state index in [1.165, 1.54) is 12.0 Å². The van der Waals surface area contributed by atoms with E-state index >= 15 is 0 Å². The van der Waals surface area contributed by atoms with Gasteiger partial charge in [0.2, 0.25) is 5.91 Å². The van der Waals surface area contributed by atoms with E-state index in [2.05, 4.69) is 0 Å². The molecule has 1 amide bonds. The highest BCUT2D eigenvalue weighted by atomic mass is 35.5. The summed E-state index contributed by atoms with van der Waals surface area (Å²) in [5, 5.41) is 9.49. The fourth-order valence-electron chi connectivity index (χ4n) is 1.50. The quantitative estimate of drug-likeness (QED) is 0.845. The fraction of sp³-hybridized carbons (Fsp3) is 0.385. The Kier molecular flexibility index (Phi) is 4.20. The summed E-state index contributed by atoms with van der Waals surface area (Å²) in [6, 6.07) is 6.97. The average molecular weight is 267 g/mol. The van der Waals surface area contributed by atoms with Crippen LogP contribution in [0.25, 0.3) is 0 Å². The number of amides is 1. The molecule has 0 saturated carbocycles. The Morgan fingerprint density at radius 2 is 2.11 bits per heavy atom. The van der Waals surface area contributed by atoms with Gasteiger partial charge in [-0.05, 0) is 32.0 Å². The minimum atomic E-state index is -1.10. The Morgan fingerprint density at radius 1 is 1.50 bits per heavy atom. The van der Waals surface area contributed by atoms with Crippen LogP contribution in [0.3, 0.4) is 0 Å². The molecule has 0 radical (unpaired) electrons. The molecule has 18 heavy (non-hydrogen) atoms. The summed E-state index contributed by atoms with van der Waals surface area (Å²) in [5.41, 5.74) is -0.555. The third-order valence-electron chi connectivity index (χ3n) is 2.62. The number of anilines is 1. The first-order chi connectivity index (χ1) is 8.33. The van der Waals surface area contributed by atoms with Gasteiger partial charge in [0.05, 0.1) is 18.9 Å². The summed E-state index contributed by atoms with van der Waals surface area (Å²) in [6.07, 6.45) is 0. The molecule has 0 aliphatic heterocycles. The summed E-state index contributed by atoms with van der Waals surface area (Å²) >= 11 is 5.91. The van der Waals surface area contributed by atoms with Gasteiger partial charge in [0, 0.05) is 12.1 Å². The molecule has 0 fully saturated rings. The minimum absolute atomic E-state index is 0.314. The maximum atomic E-state index is 12.2. The number of methoxy groups -OCH3 is 1. The lowest BCUT2D eigenvalue weighted by Crippen LogP contribution is -2.37. The van der Waals surface area contributed by atoms with Crippen LogP contribution in [-0.4, -0.2) is 20.1 Å². The molecule has 1 aromatic rings. The zero-order valence-corrected chi connectivity index (χ0v) is 11.6. The number of hydrogen-bond acceptors (Lipinski definition) is 3. The van der Waals surface area contributed by atoms with Gasteiger partial charge in [-0.1, -0.05) is 11.6 Å². The highest BCUT2D eigenvalue weighted by Gasteiger charge is 2.32. The molecule has 96 valence electrons. The van der Waals surface area contributed by atoms with Gasteiger partial charge in [0.15, 0.2) is 0 Å². The van der Waals surface area contributed by atoms with Crippen LogP contribution in [0, 0.1) is 16.7 Å². The molecule has 0 spiro atoms. The number of halogens is 1. The summed E-state index contributed by atoms with van der Waals surface area (Å²) in [4.78, 5) is 13.6. The molecule has 0 aromatic heterocycles. The van der Waals surface area contributed by atoms with Crippen molar-refractivity contribution in [1.82, 2.24) is 0 Å². The molecule has 1 rings (SSSR count). The Balaban J connectivity index is 3.19. The van der Waals surface area contributed by atoms with Crippen molar-refractivity contribution in [3.05, 3.63) is 23.2 Å². The first-order valence-corrected chi connectivity index (χ1v) is 5.74. The van der Waals surface area contributed by atoms with Gasteiger partial charge in [-0.25, -0.2) is 0 Å². The van der Waals surface area contributed by atoms with E-state index in [0.29, 0.717) is 16.5 Å². The van der Waals surface area contributed by atoms with Crippen molar-refractivity contribution in [2.75, 3.05) is 19.1 Å². The number of rotatable bonds is 3. The molecule has 0 atom stereocenters. The molecule has 0 bridgehead atoms. The number of carbonyl (C=O) groups is 1. The molecule has 0 unspecified atom stereocenters. The van der Waals surface area contributed by atoms with Crippen LogP contribution in [0.5, 0.6) is 5.75 Å². The van der Waals surface area contributed by atoms with Crippen molar-refractivity contribution in [3.8, 4) is 11.8 Å². The summed E-state index contributed by atoms with van der Waals surface area (Å²) in [5.74, 6) is 0.217. The molecule has 1 aromatic carbocycles.